The number of aryl methyl sites for hydroxylation is 4. The molecule has 0 aliphatic carbocycles. The van der Waals surface area contributed by atoms with E-state index in [9.17, 15) is 0 Å². The summed E-state index contributed by atoms with van der Waals surface area (Å²) in [7, 11) is 0. The number of hydrogen-bond acceptors (Lipinski definition) is 5. The topological polar surface area (TPSA) is 64.0 Å². The highest BCUT2D eigenvalue weighted by molar-refractivity contribution is 7.25. The van der Waals surface area contributed by atoms with Gasteiger partial charge in [-0.2, -0.15) is 10.5 Å². The number of nitrogens with zero attached hydrogens (tertiary/aromatic N) is 3. The predicted octanol–water partition coefficient (Wildman–Crippen LogP) is 9.40. The Morgan fingerprint density at radius 3 is 1.78 bits per heavy atom. The van der Waals surface area contributed by atoms with Gasteiger partial charge in [0.25, 0.3) is 0 Å². The maximum absolute atomic E-state index is 9.07. The van der Waals surface area contributed by atoms with Crippen molar-refractivity contribution in [2.45, 2.75) is 41.5 Å². The molecule has 5 aromatic rings. The van der Waals surface area contributed by atoms with Crippen LogP contribution in [0.1, 0.15) is 39.1 Å². The van der Waals surface area contributed by atoms with Gasteiger partial charge >= 0.3 is 0 Å². The van der Waals surface area contributed by atoms with E-state index in [1.807, 2.05) is 18.2 Å². The third kappa shape index (κ3) is 4.29. The van der Waals surface area contributed by atoms with Crippen molar-refractivity contribution in [2.24, 2.45) is 0 Å². The number of furan rings is 1. The van der Waals surface area contributed by atoms with Crippen LogP contribution in [-0.4, -0.2) is 0 Å². The highest BCUT2D eigenvalue weighted by Crippen LogP contribution is 2.43. The van der Waals surface area contributed by atoms with Gasteiger partial charge in [0.15, 0.2) is 5.58 Å². The molecule has 37 heavy (non-hydrogen) atoms. The number of nitriles is 2. The molecule has 0 fully saturated rings. The molecule has 0 atom stereocenters. The van der Waals surface area contributed by atoms with Crippen molar-refractivity contribution in [1.29, 1.82) is 10.5 Å². The van der Waals surface area contributed by atoms with Crippen LogP contribution in [0.3, 0.4) is 0 Å². The molecular formula is C32H27N3OS. The van der Waals surface area contributed by atoms with E-state index in [1.165, 1.54) is 39.5 Å². The third-order valence-corrected chi connectivity index (χ3v) is 8.35. The Bertz CT molecular complexity index is 1700. The largest absolute Gasteiger partial charge is 0.455 e. The highest BCUT2D eigenvalue weighted by atomic mass is 32.1. The minimum atomic E-state index is 0.0241. The monoisotopic (exact) mass is 501 g/mol. The van der Waals surface area contributed by atoms with Gasteiger partial charge in [0.05, 0.1) is 4.70 Å². The number of allylic oxidation sites excluding steroid dienone is 1. The van der Waals surface area contributed by atoms with Crippen molar-refractivity contribution < 1.29 is 4.42 Å². The van der Waals surface area contributed by atoms with Gasteiger partial charge in [-0.05, 0) is 117 Å². The van der Waals surface area contributed by atoms with Crippen LogP contribution in [0.4, 0.5) is 17.1 Å². The summed E-state index contributed by atoms with van der Waals surface area (Å²) in [6.45, 7) is 13.0. The molecule has 4 nitrogen and oxygen atoms in total. The first kappa shape index (κ1) is 24.4. The van der Waals surface area contributed by atoms with Crippen LogP contribution >= 0.6 is 11.3 Å². The van der Waals surface area contributed by atoms with Crippen LogP contribution in [0, 0.1) is 64.2 Å². The Hall–Kier alpha value is -4.32. The highest BCUT2D eigenvalue weighted by Gasteiger charge is 2.18. The molecule has 0 spiro atoms. The van der Waals surface area contributed by atoms with E-state index >= 15 is 0 Å². The number of fused-ring (bicyclic) bond motifs is 3. The SMILES string of the molecule is Cc1cc(N(c2cc(C)c(C)c(C)c2)c2ccc3c(c2)sc2cc(C=C(C#N)C#N)oc23)cc(C)c1C. The zero-order chi connectivity index (χ0) is 26.4. The van der Waals surface area contributed by atoms with Gasteiger partial charge in [-0.25, -0.2) is 0 Å². The zero-order valence-electron chi connectivity index (χ0n) is 21.9. The van der Waals surface area contributed by atoms with Crippen molar-refractivity contribution >= 4 is 54.8 Å². The summed E-state index contributed by atoms with van der Waals surface area (Å²) in [6.07, 6.45) is 1.48. The summed E-state index contributed by atoms with van der Waals surface area (Å²) < 4.78 is 8.14. The number of benzene rings is 3. The van der Waals surface area contributed by atoms with Crippen molar-refractivity contribution in [3.05, 3.63) is 93.2 Å². The van der Waals surface area contributed by atoms with Crippen LogP contribution in [0.2, 0.25) is 0 Å². The first-order chi connectivity index (χ1) is 17.7. The second-order valence-electron chi connectivity index (χ2n) is 9.65. The van der Waals surface area contributed by atoms with Crippen molar-refractivity contribution in [2.75, 3.05) is 4.90 Å². The molecule has 0 bridgehead atoms. The van der Waals surface area contributed by atoms with Crippen LogP contribution in [0.5, 0.6) is 0 Å². The van der Waals surface area contributed by atoms with Gasteiger partial charge in [-0.15, -0.1) is 11.3 Å². The molecule has 0 saturated carbocycles. The second-order valence-corrected chi connectivity index (χ2v) is 10.7. The molecular weight excluding hydrogens is 474 g/mol. The van der Waals surface area contributed by atoms with Gasteiger partial charge in [-0.1, -0.05) is 0 Å². The van der Waals surface area contributed by atoms with E-state index in [2.05, 4.69) is 88.9 Å². The average Bonchev–Trinajstić information content (AvgIpc) is 3.41. The first-order valence-electron chi connectivity index (χ1n) is 12.1. The summed E-state index contributed by atoms with van der Waals surface area (Å²) in [4.78, 5) is 2.33. The normalized spacial score (nSPS) is 10.9. The number of rotatable bonds is 4. The molecule has 0 radical (unpaired) electrons. The molecule has 2 heterocycles. The molecule has 0 aliphatic rings. The van der Waals surface area contributed by atoms with Crippen LogP contribution in [0.25, 0.3) is 26.4 Å². The Morgan fingerprint density at radius 2 is 1.27 bits per heavy atom. The molecule has 0 amide bonds. The number of anilines is 3. The van der Waals surface area contributed by atoms with Gasteiger partial charge < -0.3 is 9.32 Å². The van der Waals surface area contributed by atoms with E-state index in [1.54, 1.807) is 11.3 Å². The molecule has 182 valence electrons. The molecule has 0 unspecified atom stereocenters. The molecule has 3 aromatic carbocycles. The molecule has 2 aromatic heterocycles. The maximum atomic E-state index is 9.07. The maximum Gasteiger partial charge on any atom is 0.153 e. The second kappa shape index (κ2) is 9.28. The molecule has 0 saturated heterocycles. The Morgan fingerprint density at radius 1 is 0.730 bits per heavy atom. The van der Waals surface area contributed by atoms with Crippen molar-refractivity contribution in [3.8, 4) is 12.1 Å². The summed E-state index contributed by atoms with van der Waals surface area (Å²) in [5.41, 5.74) is 11.9. The Labute approximate surface area is 221 Å². The lowest BCUT2D eigenvalue weighted by atomic mass is 10.00. The van der Waals surface area contributed by atoms with Crippen LogP contribution < -0.4 is 4.90 Å². The Balaban J connectivity index is 1.69. The smallest absolute Gasteiger partial charge is 0.153 e. The third-order valence-electron chi connectivity index (χ3n) is 7.27. The van der Waals surface area contributed by atoms with Gasteiger partial charge in [0, 0.05) is 39.3 Å². The van der Waals surface area contributed by atoms with Crippen molar-refractivity contribution in [1.82, 2.24) is 0 Å². The predicted molar refractivity (Wildman–Crippen MR) is 154 cm³/mol. The van der Waals surface area contributed by atoms with E-state index in [4.69, 9.17) is 14.9 Å². The number of thiophene rings is 1. The summed E-state index contributed by atoms with van der Waals surface area (Å²) in [6, 6.07) is 21.2. The Kier molecular flexibility index (Phi) is 6.12. The van der Waals surface area contributed by atoms with Crippen LogP contribution in [0.15, 0.2) is 58.5 Å². The van der Waals surface area contributed by atoms with E-state index in [0.29, 0.717) is 5.76 Å². The summed E-state index contributed by atoms with van der Waals surface area (Å²) >= 11 is 1.65. The molecule has 0 aliphatic heterocycles. The number of hydrogen-bond donors (Lipinski definition) is 0. The molecule has 0 N–H and O–H groups in total. The van der Waals surface area contributed by atoms with Crippen molar-refractivity contribution in [3.63, 3.8) is 0 Å². The lowest BCUT2D eigenvalue weighted by Crippen LogP contribution is -2.11. The quantitative estimate of drug-likeness (QED) is 0.230. The van der Waals surface area contributed by atoms with Gasteiger partial charge in [-0.3, -0.25) is 0 Å². The van der Waals surface area contributed by atoms with Gasteiger partial charge in [0.1, 0.15) is 23.5 Å². The minimum Gasteiger partial charge on any atom is -0.455 e. The lowest BCUT2D eigenvalue weighted by molar-refractivity contribution is 0.607. The summed E-state index contributed by atoms with van der Waals surface area (Å²) in [5.74, 6) is 0.517. The first-order valence-corrected chi connectivity index (χ1v) is 13.0. The van der Waals surface area contributed by atoms with Crippen LogP contribution in [-0.2, 0) is 0 Å². The lowest BCUT2D eigenvalue weighted by Gasteiger charge is -2.28. The summed E-state index contributed by atoms with van der Waals surface area (Å²) in [5, 5.41) is 19.2. The standard InChI is InChI=1S/C32H27N3OS/c1-18-9-26(10-19(2)22(18)5)35(27-11-20(3)23(6)21(4)12-27)25-7-8-29-30(14-25)37-31-15-28(36-32(29)31)13-24(16-33)17-34/h7-15H,1-6H3. The van der Waals surface area contributed by atoms with Gasteiger partial charge in [0.2, 0.25) is 0 Å². The van der Waals surface area contributed by atoms with E-state index < -0.39 is 0 Å². The molecule has 5 rings (SSSR count). The van der Waals surface area contributed by atoms with E-state index in [-0.39, 0.29) is 5.57 Å². The zero-order valence-corrected chi connectivity index (χ0v) is 22.7. The average molecular weight is 502 g/mol. The van der Waals surface area contributed by atoms with E-state index in [0.717, 1.165) is 37.4 Å². The minimum absolute atomic E-state index is 0.0241. The molecule has 5 heteroatoms. The fourth-order valence-electron chi connectivity index (χ4n) is 4.73. The fourth-order valence-corrected chi connectivity index (χ4v) is 5.84. The fraction of sp³-hybridized carbons (Fsp3) is 0.188.